The number of nitrogens with zero attached hydrogens (tertiary/aromatic N) is 1. The lowest BCUT2D eigenvalue weighted by Crippen LogP contribution is -2.40. The Bertz CT molecular complexity index is 662. The number of hydrogen-bond acceptors (Lipinski definition) is 5. The third kappa shape index (κ3) is 2.85. The van der Waals surface area contributed by atoms with E-state index in [0.717, 1.165) is 18.2 Å². The van der Waals surface area contributed by atoms with Crippen LogP contribution in [-0.2, 0) is 14.8 Å². The standard InChI is InChI=1S/C12H14FNO6S/c1-20-11-3-2-8(5-9(11)13)21(18,19)14-6-7(15)4-10(14)12(16)17/h2-3,5,7,10,15H,4,6H2,1H3,(H,16,17). The second-order valence-corrected chi connectivity index (χ2v) is 6.51. The van der Waals surface area contributed by atoms with Crippen LogP contribution in [0.1, 0.15) is 6.42 Å². The molecule has 0 spiro atoms. The van der Waals surface area contributed by atoms with Crippen molar-refractivity contribution < 1.29 is 32.6 Å². The van der Waals surface area contributed by atoms with Gasteiger partial charge in [-0.05, 0) is 18.2 Å². The molecule has 116 valence electrons. The second kappa shape index (κ2) is 5.58. The molecule has 9 heteroatoms. The van der Waals surface area contributed by atoms with Crippen LogP contribution in [0.25, 0.3) is 0 Å². The molecule has 2 unspecified atom stereocenters. The van der Waals surface area contributed by atoms with Crippen LogP contribution in [0.5, 0.6) is 5.75 Å². The zero-order chi connectivity index (χ0) is 15.8. The molecule has 21 heavy (non-hydrogen) atoms. The number of aliphatic hydroxyl groups excluding tert-OH is 1. The van der Waals surface area contributed by atoms with E-state index < -0.39 is 34.0 Å². The number of benzene rings is 1. The van der Waals surface area contributed by atoms with Crippen molar-refractivity contribution in [1.29, 1.82) is 0 Å². The van der Waals surface area contributed by atoms with Gasteiger partial charge in [-0.2, -0.15) is 4.31 Å². The molecule has 2 rings (SSSR count). The fourth-order valence-corrected chi connectivity index (χ4v) is 3.86. The van der Waals surface area contributed by atoms with Crippen LogP contribution in [-0.4, -0.2) is 54.7 Å². The molecule has 1 heterocycles. The zero-order valence-corrected chi connectivity index (χ0v) is 11.9. The van der Waals surface area contributed by atoms with Gasteiger partial charge in [-0.25, -0.2) is 12.8 Å². The van der Waals surface area contributed by atoms with Crippen LogP contribution < -0.4 is 4.74 Å². The maximum atomic E-state index is 13.6. The summed E-state index contributed by atoms with van der Waals surface area (Å²) in [5.41, 5.74) is 0. The number of methoxy groups -OCH3 is 1. The Morgan fingerprint density at radius 3 is 2.67 bits per heavy atom. The van der Waals surface area contributed by atoms with Crippen LogP contribution in [0, 0.1) is 5.82 Å². The van der Waals surface area contributed by atoms with Gasteiger partial charge in [0.1, 0.15) is 6.04 Å². The molecular formula is C12H14FNO6S. The highest BCUT2D eigenvalue weighted by molar-refractivity contribution is 7.89. The van der Waals surface area contributed by atoms with E-state index in [1.807, 2.05) is 0 Å². The molecule has 7 nitrogen and oxygen atoms in total. The van der Waals surface area contributed by atoms with Gasteiger partial charge in [-0.3, -0.25) is 4.79 Å². The highest BCUT2D eigenvalue weighted by Gasteiger charge is 2.43. The number of carboxylic acid groups (broad SMARTS) is 1. The summed E-state index contributed by atoms with van der Waals surface area (Å²) in [5, 5.41) is 18.5. The van der Waals surface area contributed by atoms with Gasteiger partial charge in [0, 0.05) is 13.0 Å². The molecule has 0 aliphatic carbocycles. The highest BCUT2D eigenvalue weighted by atomic mass is 32.2. The number of ether oxygens (including phenoxy) is 1. The average Bonchev–Trinajstić information content (AvgIpc) is 2.81. The van der Waals surface area contributed by atoms with Gasteiger partial charge in [-0.15, -0.1) is 0 Å². The lowest BCUT2D eigenvalue weighted by molar-refractivity contribution is -0.140. The maximum Gasteiger partial charge on any atom is 0.322 e. The number of aliphatic carboxylic acids is 1. The zero-order valence-electron chi connectivity index (χ0n) is 11.1. The van der Waals surface area contributed by atoms with Gasteiger partial charge >= 0.3 is 5.97 Å². The fourth-order valence-electron chi connectivity index (χ4n) is 2.22. The minimum Gasteiger partial charge on any atom is -0.494 e. The van der Waals surface area contributed by atoms with E-state index >= 15 is 0 Å². The largest absolute Gasteiger partial charge is 0.494 e. The van der Waals surface area contributed by atoms with Crippen molar-refractivity contribution in [2.24, 2.45) is 0 Å². The molecule has 0 saturated carbocycles. The summed E-state index contributed by atoms with van der Waals surface area (Å²) in [6.07, 6.45) is -1.27. The van der Waals surface area contributed by atoms with E-state index in [-0.39, 0.29) is 23.6 Å². The molecule has 1 aliphatic heterocycles. The number of sulfonamides is 1. The number of carbonyl (C=O) groups is 1. The van der Waals surface area contributed by atoms with Crippen molar-refractivity contribution in [3.05, 3.63) is 24.0 Å². The normalized spacial score (nSPS) is 23.2. The smallest absolute Gasteiger partial charge is 0.322 e. The second-order valence-electron chi connectivity index (χ2n) is 4.61. The van der Waals surface area contributed by atoms with Crippen molar-refractivity contribution >= 4 is 16.0 Å². The van der Waals surface area contributed by atoms with Crippen molar-refractivity contribution in [3.63, 3.8) is 0 Å². The van der Waals surface area contributed by atoms with Crippen LogP contribution in [0.15, 0.2) is 23.1 Å². The summed E-state index contributed by atoms with van der Waals surface area (Å²) < 4.78 is 43.8. The summed E-state index contributed by atoms with van der Waals surface area (Å²) in [7, 11) is -2.98. The number of hydrogen-bond donors (Lipinski definition) is 2. The Kier molecular flexibility index (Phi) is 4.17. The van der Waals surface area contributed by atoms with E-state index in [4.69, 9.17) is 9.84 Å². The Labute approximate surface area is 120 Å². The summed E-state index contributed by atoms with van der Waals surface area (Å²) in [4.78, 5) is 10.7. The Balaban J connectivity index is 2.42. The van der Waals surface area contributed by atoms with Crippen molar-refractivity contribution in [1.82, 2.24) is 4.31 Å². The molecule has 1 aromatic carbocycles. The predicted molar refractivity (Wildman–Crippen MR) is 68.9 cm³/mol. The summed E-state index contributed by atoms with van der Waals surface area (Å²) in [6.45, 7) is -0.340. The minimum absolute atomic E-state index is 0.120. The SMILES string of the molecule is COc1ccc(S(=O)(=O)N2CC(O)CC2C(=O)O)cc1F. The number of β-amino-alcohol motifs (C(OH)–C–C–N with tert-alkyl or cyclic N) is 1. The van der Waals surface area contributed by atoms with Crippen LogP contribution >= 0.6 is 0 Å². The fraction of sp³-hybridized carbons (Fsp3) is 0.417. The summed E-state index contributed by atoms with van der Waals surface area (Å²) in [5.74, 6) is -2.35. The van der Waals surface area contributed by atoms with Crippen LogP contribution in [0.2, 0.25) is 0 Å². The number of aliphatic hydroxyl groups is 1. The Hall–Kier alpha value is -1.71. The molecule has 2 atom stereocenters. The van der Waals surface area contributed by atoms with Crippen molar-refractivity contribution in [3.8, 4) is 5.75 Å². The molecule has 1 fully saturated rings. The summed E-state index contributed by atoms with van der Waals surface area (Å²) >= 11 is 0. The number of halogens is 1. The molecule has 2 N–H and O–H groups in total. The van der Waals surface area contributed by atoms with Gasteiger partial charge in [0.2, 0.25) is 10.0 Å². The molecule has 0 amide bonds. The Morgan fingerprint density at radius 2 is 2.14 bits per heavy atom. The first kappa shape index (κ1) is 15.7. The van der Waals surface area contributed by atoms with Crippen LogP contribution in [0.3, 0.4) is 0 Å². The highest BCUT2D eigenvalue weighted by Crippen LogP contribution is 2.28. The van der Waals surface area contributed by atoms with Gasteiger partial charge in [0.05, 0.1) is 18.1 Å². The monoisotopic (exact) mass is 319 g/mol. The number of rotatable bonds is 4. The lowest BCUT2D eigenvalue weighted by atomic mass is 10.2. The third-order valence-corrected chi connectivity index (χ3v) is 5.12. The molecule has 0 radical (unpaired) electrons. The molecule has 1 aliphatic rings. The van der Waals surface area contributed by atoms with E-state index in [9.17, 15) is 22.7 Å². The lowest BCUT2D eigenvalue weighted by Gasteiger charge is -2.20. The quantitative estimate of drug-likeness (QED) is 0.812. The predicted octanol–water partition coefficient (Wildman–Crippen LogP) is 0.0428. The maximum absolute atomic E-state index is 13.6. The van der Waals surface area contributed by atoms with Crippen molar-refractivity contribution in [2.75, 3.05) is 13.7 Å². The molecule has 0 bridgehead atoms. The number of carboxylic acids is 1. The van der Waals surface area contributed by atoms with Crippen LogP contribution in [0.4, 0.5) is 4.39 Å². The van der Waals surface area contributed by atoms with E-state index in [2.05, 4.69) is 0 Å². The minimum atomic E-state index is -4.22. The van der Waals surface area contributed by atoms with Gasteiger partial charge in [0.15, 0.2) is 11.6 Å². The first-order valence-corrected chi connectivity index (χ1v) is 7.47. The molecule has 1 saturated heterocycles. The molecular weight excluding hydrogens is 305 g/mol. The van der Waals surface area contributed by atoms with Gasteiger partial charge in [0.25, 0.3) is 0 Å². The summed E-state index contributed by atoms with van der Waals surface area (Å²) in [6, 6.07) is 1.67. The molecule has 0 aromatic heterocycles. The van der Waals surface area contributed by atoms with Crippen molar-refractivity contribution in [2.45, 2.75) is 23.5 Å². The Morgan fingerprint density at radius 1 is 1.48 bits per heavy atom. The van der Waals surface area contributed by atoms with E-state index in [1.54, 1.807) is 0 Å². The topological polar surface area (TPSA) is 104 Å². The first-order valence-electron chi connectivity index (χ1n) is 6.03. The van der Waals surface area contributed by atoms with Gasteiger partial charge < -0.3 is 14.9 Å². The average molecular weight is 319 g/mol. The molecule has 1 aromatic rings. The third-order valence-electron chi connectivity index (χ3n) is 3.25. The van der Waals surface area contributed by atoms with Gasteiger partial charge in [-0.1, -0.05) is 0 Å². The first-order chi connectivity index (χ1) is 9.77. The van der Waals surface area contributed by atoms with E-state index in [0.29, 0.717) is 4.31 Å². The van der Waals surface area contributed by atoms with E-state index in [1.165, 1.54) is 7.11 Å².